The van der Waals surface area contributed by atoms with E-state index in [9.17, 15) is 4.79 Å². The van der Waals surface area contributed by atoms with E-state index in [4.69, 9.17) is 22.7 Å². The topological polar surface area (TPSA) is 61.5 Å². The van der Waals surface area contributed by atoms with Gasteiger partial charge in [0, 0.05) is 12.8 Å². The zero-order chi connectivity index (χ0) is 14.3. The highest BCUT2D eigenvalue weighted by Crippen LogP contribution is 2.18. The molecule has 104 valence electrons. The fraction of sp³-hybridized carbons (Fsp3) is 0.429. The maximum absolute atomic E-state index is 11.1. The SMILES string of the molecule is COC(=O)CCc1ccc(OCCC(N)=S)cc1C. The Kier molecular flexibility index (Phi) is 6.29. The third-order valence-corrected chi connectivity index (χ3v) is 2.96. The molecule has 0 amide bonds. The molecule has 0 aliphatic rings. The Balaban J connectivity index is 2.54. The summed E-state index contributed by atoms with van der Waals surface area (Å²) in [5, 5.41) is 0. The van der Waals surface area contributed by atoms with Crippen molar-refractivity contribution in [1.29, 1.82) is 0 Å². The van der Waals surface area contributed by atoms with Crippen molar-refractivity contribution in [2.45, 2.75) is 26.2 Å². The highest BCUT2D eigenvalue weighted by Gasteiger charge is 2.05. The summed E-state index contributed by atoms with van der Waals surface area (Å²) < 4.78 is 10.2. The zero-order valence-corrected chi connectivity index (χ0v) is 12.1. The number of nitrogens with two attached hydrogens (primary N) is 1. The van der Waals surface area contributed by atoms with Crippen LogP contribution in [-0.4, -0.2) is 24.7 Å². The summed E-state index contributed by atoms with van der Waals surface area (Å²) in [6.07, 6.45) is 1.63. The zero-order valence-electron chi connectivity index (χ0n) is 11.3. The summed E-state index contributed by atoms with van der Waals surface area (Å²) in [5.74, 6) is 0.590. The molecule has 0 bridgehead atoms. The number of carbonyl (C=O) groups is 1. The van der Waals surface area contributed by atoms with Crippen molar-refractivity contribution < 1.29 is 14.3 Å². The first-order valence-electron chi connectivity index (χ1n) is 6.10. The molecule has 1 aromatic carbocycles. The van der Waals surface area contributed by atoms with E-state index in [1.165, 1.54) is 7.11 Å². The van der Waals surface area contributed by atoms with E-state index < -0.39 is 0 Å². The lowest BCUT2D eigenvalue weighted by Gasteiger charge is -2.09. The lowest BCUT2D eigenvalue weighted by Crippen LogP contribution is -2.12. The number of ether oxygens (including phenoxy) is 2. The van der Waals surface area contributed by atoms with Gasteiger partial charge in [-0.05, 0) is 36.6 Å². The monoisotopic (exact) mass is 281 g/mol. The smallest absolute Gasteiger partial charge is 0.305 e. The minimum Gasteiger partial charge on any atom is -0.493 e. The minimum atomic E-state index is -0.198. The Morgan fingerprint density at radius 2 is 2.11 bits per heavy atom. The van der Waals surface area contributed by atoms with Crippen LogP contribution in [0.25, 0.3) is 0 Å². The van der Waals surface area contributed by atoms with E-state index in [0.717, 1.165) is 16.9 Å². The van der Waals surface area contributed by atoms with Gasteiger partial charge in [0.05, 0.1) is 18.7 Å². The number of benzene rings is 1. The van der Waals surface area contributed by atoms with Gasteiger partial charge >= 0.3 is 5.97 Å². The summed E-state index contributed by atoms with van der Waals surface area (Å²) in [6, 6.07) is 5.81. The molecule has 0 aliphatic heterocycles. The maximum atomic E-state index is 11.1. The molecule has 1 aromatic rings. The lowest BCUT2D eigenvalue weighted by atomic mass is 10.0. The van der Waals surface area contributed by atoms with Crippen LogP contribution in [0.5, 0.6) is 5.75 Å². The van der Waals surface area contributed by atoms with Crippen LogP contribution in [-0.2, 0) is 16.0 Å². The molecule has 0 heterocycles. The van der Waals surface area contributed by atoms with E-state index in [1.807, 2.05) is 25.1 Å². The molecule has 0 saturated carbocycles. The molecule has 2 N–H and O–H groups in total. The van der Waals surface area contributed by atoms with Crippen molar-refractivity contribution in [1.82, 2.24) is 0 Å². The second-order valence-corrected chi connectivity index (χ2v) is 4.75. The molecule has 5 heteroatoms. The minimum absolute atomic E-state index is 0.198. The van der Waals surface area contributed by atoms with Crippen molar-refractivity contribution in [2.24, 2.45) is 5.73 Å². The van der Waals surface area contributed by atoms with Gasteiger partial charge in [0.15, 0.2) is 0 Å². The summed E-state index contributed by atoms with van der Waals surface area (Å²) in [6.45, 7) is 2.48. The molecule has 1 rings (SSSR count). The molecular weight excluding hydrogens is 262 g/mol. The lowest BCUT2D eigenvalue weighted by molar-refractivity contribution is -0.140. The molecular formula is C14H19NO3S. The van der Waals surface area contributed by atoms with Gasteiger partial charge in [-0.15, -0.1) is 0 Å². The predicted octanol–water partition coefficient (Wildman–Crippen LogP) is 2.16. The fourth-order valence-corrected chi connectivity index (χ4v) is 1.73. The summed E-state index contributed by atoms with van der Waals surface area (Å²) in [5.41, 5.74) is 7.61. The van der Waals surface area contributed by atoms with Gasteiger partial charge in [0.2, 0.25) is 0 Å². The first kappa shape index (κ1) is 15.4. The van der Waals surface area contributed by atoms with Crippen molar-refractivity contribution in [3.8, 4) is 5.75 Å². The third-order valence-electron chi connectivity index (χ3n) is 2.76. The number of carbonyl (C=O) groups excluding carboxylic acids is 1. The van der Waals surface area contributed by atoms with Crippen LogP contribution >= 0.6 is 12.2 Å². The first-order valence-corrected chi connectivity index (χ1v) is 6.51. The molecule has 0 atom stereocenters. The van der Waals surface area contributed by atoms with E-state index in [0.29, 0.717) is 30.9 Å². The maximum Gasteiger partial charge on any atom is 0.305 e. The number of aryl methyl sites for hydroxylation is 2. The Hall–Kier alpha value is -1.62. The summed E-state index contributed by atoms with van der Waals surface area (Å²) >= 11 is 4.78. The van der Waals surface area contributed by atoms with Crippen LogP contribution in [0, 0.1) is 6.92 Å². The number of rotatable bonds is 7. The van der Waals surface area contributed by atoms with Gasteiger partial charge in [0.1, 0.15) is 5.75 Å². The summed E-state index contributed by atoms with van der Waals surface area (Å²) in [4.78, 5) is 11.5. The molecule has 0 saturated heterocycles. The Morgan fingerprint density at radius 3 is 2.68 bits per heavy atom. The fourth-order valence-electron chi connectivity index (χ4n) is 1.65. The Morgan fingerprint density at radius 1 is 1.37 bits per heavy atom. The summed E-state index contributed by atoms with van der Waals surface area (Å²) in [7, 11) is 1.40. The molecule has 0 unspecified atom stereocenters. The standard InChI is InChI=1S/C14H19NO3S/c1-10-9-12(18-8-7-13(15)19)5-3-11(10)4-6-14(16)17-2/h3,5,9H,4,6-8H2,1-2H3,(H2,15,19). The molecule has 19 heavy (non-hydrogen) atoms. The highest BCUT2D eigenvalue weighted by molar-refractivity contribution is 7.80. The van der Waals surface area contributed by atoms with Gasteiger partial charge in [0.25, 0.3) is 0 Å². The molecule has 0 aromatic heterocycles. The largest absolute Gasteiger partial charge is 0.493 e. The Bertz CT molecular complexity index is 460. The molecule has 0 fully saturated rings. The van der Waals surface area contributed by atoms with E-state index >= 15 is 0 Å². The van der Waals surface area contributed by atoms with Crippen molar-refractivity contribution in [3.05, 3.63) is 29.3 Å². The van der Waals surface area contributed by atoms with Crippen molar-refractivity contribution in [2.75, 3.05) is 13.7 Å². The van der Waals surface area contributed by atoms with Crippen LogP contribution in [0.4, 0.5) is 0 Å². The van der Waals surface area contributed by atoms with E-state index in [2.05, 4.69) is 4.74 Å². The normalized spacial score (nSPS) is 10.0. The van der Waals surface area contributed by atoms with Crippen LogP contribution in [0.3, 0.4) is 0 Å². The second-order valence-electron chi connectivity index (χ2n) is 4.23. The molecule has 0 aliphatic carbocycles. The van der Waals surface area contributed by atoms with Crippen molar-refractivity contribution in [3.63, 3.8) is 0 Å². The van der Waals surface area contributed by atoms with E-state index in [1.54, 1.807) is 0 Å². The number of methoxy groups -OCH3 is 1. The number of hydrogen-bond acceptors (Lipinski definition) is 4. The average Bonchev–Trinajstić information content (AvgIpc) is 2.37. The van der Waals surface area contributed by atoms with Crippen LogP contribution < -0.4 is 10.5 Å². The predicted molar refractivity (Wildman–Crippen MR) is 78.4 cm³/mol. The van der Waals surface area contributed by atoms with Gasteiger partial charge < -0.3 is 15.2 Å². The van der Waals surface area contributed by atoms with Crippen LogP contribution in [0.15, 0.2) is 18.2 Å². The van der Waals surface area contributed by atoms with E-state index in [-0.39, 0.29) is 5.97 Å². The van der Waals surface area contributed by atoms with Crippen LogP contribution in [0.2, 0.25) is 0 Å². The first-order chi connectivity index (χ1) is 9.02. The molecule has 0 radical (unpaired) electrons. The Labute approximate surface area is 118 Å². The number of esters is 1. The third kappa shape index (κ3) is 5.70. The van der Waals surface area contributed by atoms with Crippen molar-refractivity contribution >= 4 is 23.2 Å². The molecule has 4 nitrogen and oxygen atoms in total. The number of hydrogen-bond donors (Lipinski definition) is 1. The van der Waals surface area contributed by atoms with Gasteiger partial charge in [-0.2, -0.15) is 0 Å². The highest BCUT2D eigenvalue weighted by atomic mass is 32.1. The average molecular weight is 281 g/mol. The van der Waals surface area contributed by atoms with Gasteiger partial charge in [-0.1, -0.05) is 18.3 Å². The van der Waals surface area contributed by atoms with Gasteiger partial charge in [-0.3, -0.25) is 4.79 Å². The number of thiocarbonyl (C=S) groups is 1. The van der Waals surface area contributed by atoms with Crippen LogP contribution in [0.1, 0.15) is 24.0 Å². The second kappa shape index (κ2) is 7.74. The van der Waals surface area contributed by atoms with Gasteiger partial charge in [-0.25, -0.2) is 0 Å². The molecule has 0 spiro atoms. The quantitative estimate of drug-likeness (QED) is 0.613.